The lowest BCUT2D eigenvalue weighted by atomic mass is 9.62. The van der Waals surface area contributed by atoms with Crippen molar-refractivity contribution in [3.05, 3.63) is 54.5 Å². The minimum Gasteiger partial charge on any atom is -0.445 e. The quantitative estimate of drug-likeness (QED) is 0.590. The van der Waals surface area contributed by atoms with Crippen LogP contribution in [-0.2, 0) is 6.42 Å². The summed E-state index contributed by atoms with van der Waals surface area (Å²) in [6, 6.07) is 8.16. The Hall–Kier alpha value is -2.44. The van der Waals surface area contributed by atoms with Gasteiger partial charge in [-0.1, -0.05) is 18.2 Å². The Morgan fingerprint density at radius 2 is 2.17 bits per heavy atom. The van der Waals surface area contributed by atoms with Crippen molar-refractivity contribution < 1.29 is 9.52 Å². The summed E-state index contributed by atoms with van der Waals surface area (Å²) in [4.78, 5) is 14.7. The van der Waals surface area contributed by atoms with Crippen LogP contribution in [0.2, 0.25) is 0 Å². The van der Waals surface area contributed by atoms with Crippen molar-refractivity contribution in [1.82, 2.24) is 19.9 Å². The number of nitrogens with one attached hydrogen (secondary N) is 1. The molecule has 1 saturated carbocycles. The minimum atomic E-state index is -0.605. The Kier molecular flexibility index (Phi) is 5.21. The monoisotopic (exact) mass is 406 g/mol. The second-order valence-electron chi connectivity index (χ2n) is 9.01. The Bertz CT molecular complexity index is 992. The second kappa shape index (κ2) is 8.00. The number of imidazole rings is 1. The van der Waals surface area contributed by atoms with Gasteiger partial charge in [0.25, 0.3) is 0 Å². The predicted molar refractivity (Wildman–Crippen MR) is 117 cm³/mol. The molecule has 3 atom stereocenters. The molecule has 6 heteroatoms. The number of aliphatic hydroxyl groups is 1. The first kappa shape index (κ1) is 19.5. The lowest BCUT2D eigenvalue weighted by molar-refractivity contribution is -0.0577. The normalized spacial score (nSPS) is 25.9. The van der Waals surface area contributed by atoms with Crippen molar-refractivity contribution in [3.8, 4) is 0 Å². The highest BCUT2D eigenvalue weighted by Gasteiger charge is 2.47. The van der Waals surface area contributed by atoms with E-state index in [1.54, 1.807) is 12.5 Å². The number of oxazole rings is 1. The van der Waals surface area contributed by atoms with Crippen molar-refractivity contribution in [1.29, 1.82) is 0 Å². The van der Waals surface area contributed by atoms with Gasteiger partial charge in [0, 0.05) is 24.5 Å². The average molecular weight is 407 g/mol. The molecule has 158 valence electrons. The Morgan fingerprint density at radius 3 is 2.93 bits per heavy atom. The summed E-state index contributed by atoms with van der Waals surface area (Å²) in [6.07, 6.45) is 11.4. The third kappa shape index (κ3) is 3.82. The number of para-hydroxylation sites is 2. The molecule has 0 aliphatic heterocycles. The summed E-state index contributed by atoms with van der Waals surface area (Å²) in [5, 5.41) is 11.4. The van der Waals surface area contributed by atoms with E-state index in [2.05, 4.69) is 39.0 Å². The maximum atomic E-state index is 11.4. The summed E-state index contributed by atoms with van der Waals surface area (Å²) >= 11 is 0. The van der Waals surface area contributed by atoms with Gasteiger partial charge in [0.2, 0.25) is 5.89 Å². The molecule has 2 N–H and O–H groups in total. The number of hydrogen-bond donors (Lipinski definition) is 2. The van der Waals surface area contributed by atoms with E-state index in [1.807, 2.05) is 18.2 Å². The summed E-state index contributed by atoms with van der Waals surface area (Å²) in [6.45, 7) is 1.90. The molecule has 2 unspecified atom stereocenters. The van der Waals surface area contributed by atoms with E-state index >= 15 is 0 Å². The van der Waals surface area contributed by atoms with Crippen LogP contribution in [0, 0.1) is 11.8 Å². The zero-order valence-electron chi connectivity index (χ0n) is 17.6. The van der Waals surface area contributed by atoms with E-state index in [1.165, 1.54) is 5.57 Å². The molecular formula is C24H30N4O2. The molecule has 1 fully saturated rings. The number of aromatic amines is 1. The van der Waals surface area contributed by atoms with Gasteiger partial charge in [-0.2, -0.15) is 0 Å². The summed E-state index contributed by atoms with van der Waals surface area (Å²) in [5.74, 6) is 2.34. The maximum absolute atomic E-state index is 11.4. The van der Waals surface area contributed by atoms with Crippen LogP contribution in [0.5, 0.6) is 0 Å². The lowest BCUT2D eigenvalue weighted by Gasteiger charge is -2.47. The van der Waals surface area contributed by atoms with Crippen LogP contribution < -0.4 is 0 Å². The molecular weight excluding hydrogens is 376 g/mol. The van der Waals surface area contributed by atoms with E-state index in [9.17, 15) is 5.11 Å². The first-order valence-electron chi connectivity index (χ1n) is 11.1. The zero-order valence-corrected chi connectivity index (χ0v) is 17.6. The molecule has 6 rings (SSSR count). The molecule has 0 saturated heterocycles. The van der Waals surface area contributed by atoms with Gasteiger partial charge in [-0.25, -0.2) is 9.97 Å². The SMILES string of the molecule is CN(CCCc1nc2ccccc2[nH]1)CCC1(O)C[C@@H]2CCC1C=C2c1ncco1. The van der Waals surface area contributed by atoms with Crippen LogP contribution in [-0.4, -0.2) is 50.7 Å². The molecule has 6 nitrogen and oxygen atoms in total. The van der Waals surface area contributed by atoms with Gasteiger partial charge < -0.3 is 19.4 Å². The standard InChI is InChI=1S/C24H30N4O2/c1-28(12-4-7-22-26-20-5-2-3-6-21(20)27-22)13-10-24(29)16-17-8-9-18(24)15-19(17)23-25-11-14-30-23/h2-3,5-6,11,14-15,17-18,29H,4,7-10,12-13,16H2,1H3,(H,26,27)/t17-,18?,24?/m0/s1. The van der Waals surface area contributed by atoms with Gasteiger partial charge in [-0.3, -0.25) is 0 Å². The van der Waals surface area contributed by atoms with Crippen LogP contribution in [0.15, 0.2) is 47.2 Å². The first-order valence-corrected chi connectivity index (χ1v) is 11.1. The van der Waals surface area contributed by atoms with Gasteiger partial charge in [-0.15, -0.1) is 0 Å². The lowest BCUT2D eigenvalue weighted by Crippen LogP contribution is -2.48. The third-order valence-electron chi connectivity index (χ3n) is 6.93. The summed E-state index contributed by atoms with van der Waals surface area (Å²) in [7, 11) is 2.15. The molecule has 30 heavy (non-hydrogen) atoms. The van der Waals surface area contributed by atoms with E-state index in [4.69, 9.17) is 4.42 Å². The molecule has 3 aliphatic carbocycles. The molecule has 0 radical (unpaired) electrons. The number of aromatic nitrogens is 3. The molecule has 2 bridgehead atoms. The van der Waals surface area contributed by atoms with E-state index < -0.39 is 5.60 Å². The van der Waals surface area contributed by atoms with Gasteiger partial charge in [0.15, 0.2) is 0 Å². The number of nitrogens with zero attached hydrogens (tertiary/aromatic N) is 3. The van der Waals surface area contributed by atoms with Crippen LogP contribution in [0.3, 0.4) is 0 Å². The highest BCUT2D eigenvalue weighted by molar-refractivity contribution is 5.74. The number of hydrogen-bond acceptors (Lipinski definition) is 5. The number of benzene rings is 1. The van der Waals surface area contributed by atoms with E-state index in [0.29, 0.717) is 5.92 Å². The predicted octanol–water partition coefficient (Wildman–Crippen LogP) is 4.05. The van der Waals surface area contributed by atoms with Gasteiger partial charge in [0.05, 0.1) is 22.8 Å². The fraction of sp³-hybridized carbons (Fsp3) is 0.500. The van der Waals surface area contributed by atoms with Crippen molar-refractivity contribution in [3.63, 3.8) is 0 Å². The summed E-state index contributed by atoms with van der Waals surface area (Å²) in [5.41, 5.74) is 2.73. The number of H-pyrrole nitrogens is 1. The number of fused-ring (bicyclic) bond motifs is 3. The van der Waals surface area contributed by atoms with Crippen molar-refractivity contribution in [2.24, 2.45) is 11.8 Å². The molecule has 0 amide bonds. The fourth-order valence-electron chi connectivity index (χ4n) is 5.22. The molecule has 3 aliphatic rings. The largest absolute Gasteiger partial charge is 0.445 e. The average Bonchev–Trinajstić information content (AvgIpc) is 3.42. The first-order chi connectivity index (χ1) is 14.6. The molecule has 2 heterocycles. The minimum absolute atomic E-state index is 0.202. The van der Waals surface area contributed by atoms with Crippen LogP contribution in [0.4, 0.5) is 0 Å². The van der Waals surface area contributed by atoms with Crippen LogP contribution in [0.25, 0.3) is 16.6 Å². The maximum Gasteiger partial charge on any atom is 0.221 e. The highest BCUT2D eigenvalue weighted by Crippen LogP contribution is 2.50. The molecule has 3 aromatic rings. The Labute approximate surface area is 177 Å². The van der Waals surface area contributed by atoms with Crippen molar-refractivity contribution in [2.45, 2.75) is 44.1 Å². The van der Waals surface area contributed by atoms with Gasteiger partial charge >= 0.3 is 0 Å². The smallest absolute Gasteiger partial charge is 0.221 e. The van der Waals surface area contributed by atoms with Crippen LogP contribution in [0.1, 0.15) is 43.8 Å². The van der Waals surface area contributed by atoms with Gasteiger partial charge in [-0.05, 0) is 63.7 Å². The van der Waals surface area contributed by atoms with Gasteiger partial charge in [0.1, 0.15) is 12.1 Å². The topological polar surface area (TPSA) is 78.2 Å². The fourth-order valence-corrected chi connectivity index (χ4v) is 5.22. The van der Waals surface area contributed by atoms with Crippen molar-refractivity contribution >= 4 is 16.6 Å². The molecule has 2 aromatic heterocycles. The second-order valence-corrected chi connectivity index (χ2v) is 9.01. The number of rotatable bonds is 8. The Balaban J connectivity index is 1.12. The van der Waals surface area contributed by atoms with Crippen molar-refractivity contribution in [2.75, 3.05) is 20.1 Å². The number of allylic oxidation sites excluding steroid dienone is 1. The third-order valence-corrected chi connectivity index (χ3v) is 6.93. The highest BCUT2D eigenvalue weighted by atomic mass is 16.3. The van der Waals surface area contributed by atoms with E-state index in [0.717, 1.165) is 74.4 Å². The summed E-state index contributed by atoms with van der Waals surface area (Å²) < 4.78 is 5.52. The zero-order chi connectivity index (χ0) is 20.6. The van der Waals surface area contributed by atoms with Crippen LogP contribution >= 0.6 is 0 Å². The Morgan fingerprint density at radius 1 is 1.27 bits per heavy atom. The number of aryl methyl sites for hydroxylation is 1. The van der Waals surface area contributed by atoms with E-state index in [-0.39, 0.29) is 5.92 Å². The molecule has 0 spiro atoms. The molecule has 1 aromatic carbocycles.